The predicted octanol–water partition coefficient (Wildman–Crippen LogP) is 3.70. The summed E-state index contributed by atoms with van der Waals surface area (Å²) in [6.07, 6.45) is 6.83. The van der Waals surface area contributed by atoms with Gasteiger partial charge in [0.2, 0.25) is 0 Å². The van der Waals surface area contributed by atoms with Gasteiger partial charge in [-0.05, 0) is 45.4 Å². The molecule has 0 aliphatic carbocycles. The zero-order valence-corrected chi connectivity index (χ0v) is 12.2. The van der Waals surface area contributed by atoms with Crippen LogP contribution in [0.2, 0.25) is 0 Å². The second-order valence-corrected chi connectivity index (χ2v) is 5.86. The van der Waals surface area contributed by atoms with E-state index in [-0.39, 0.29) is 0 Å². The number of rotatable bonds is 7. The summed E-state index contributed by atoms with van der Waals surface area (Å²) in [5.41, 5.74) is 0. The quantitative estimate of drug-likeness (QED) is 0.630. The van der Waals surface area contributed by atoms with E-state index in [9.17, 15) is 0 Å². The average Bonchev–Trinajstić information content (AvgIpc) is 2.34. The maximum atomic E-state index is 5.98. The van der Waals surface area contributed by atoms with Crippen molar-refractivity contribution in [3.63, 3.8) is 0 Å². The molecule has 1 heterocycles. The number of piperidine rings is 1. The molecule has 0 radical (unpaired) electrons. The van der Waals surface area contributed by atoms with E-state index in [0.717, 1.165) is 12.5 Å². The number of nitrogens with zero attached hydrogens (tertiary/aromatic N) is 1. The van der Waals surface area contributed by atoms with E-state index in [1.165, 1.54) is 45.2 Å². The molecular formula is C15H31NO. The first-order valence-corrected chi connectivity index (χ1v) is 7.49. The van der Waals surface area contributed by atoms with E-state index in [1.54, 1.807) is 0 Å². The summed E-state index contributed by atoms with van der Waals surface area (Å²) in [6.45, 7) is 12.6. The van der Waals surface area contributed by atoms with Gasteiger partial charge in [-0.3, -0.25) is 0 Å². The van der Waals surface area contributed by atoms with Gasteiger partial charge in [0.05, 0.1) is 6.10 Å². The monoisotopic (exact) mass is 241 g/mol. The molecule has 0 aromatic rings. The van der Waals surface area contributed by atoms with Crippen LogP contribution in [0.5, 0.6) is 0 Å². The van der Waals surface area contributed by atoms with E-state index < -0.39 is 0 Å². The Morgan fingerprint density at radius 1 is 1.18 bits per heavy atom. The molecule has 1 aliphatic rings. The van der Waals surface area contributed by atoms with Gasteiger partial charge in [0.1, 0.15) is 0 Å². The van der Waals surface area contributed by atoms with Gasteiger partial charge in [0.15, 0.2) is 0 Å². The van der Waals surface area contributed by atoms with Gasteiger partial charge in [-0.1, -0.05) is 20.3 Å². The van der Waals surface area contributed by atoms with Gasteiger partial charge < -0.3 is 9.64 Å². The highest BCUT2D eigenvalue weighted by Crippen LogP contribution is 2.17. The normalized spacial score (nSPS) is 21.0. The molecule has 0 aromatic carbocycles. The van der Waals surface area contributed by atoms with Gasteiger partial charge >= 0.3 is 0 Å². The standard InChI is InChI=1S/C15H31NO/c1-5-14(4)7-6-12-17-15-8-10-16(11-9-15)13(2)3/h13-15H,5-12H2,1-4H3. The summed E-state index contributed by atoms with van der Waals surface area (Å²) < 4.78 is 5.98. The molecular weight excluding hydrogens is 210 g/mol. The summed E-state index contributed by atoms with van der Waals surface area (Å²) >= 11 is 0. The van der Waals surface area contributed by atoms with Crippen molar-refractivity contribution < 1.29 is 4.74 Å². The average molecular weight is 241 g/mol. The van der Waals surface area contributed by atoms with Gasteiger partial charge in [0, 0.05) is 25.7 Å². The fourth-order valence-corrected chi connectivity index (χ4v) is 2.44. The van der Waals surface area contributed by atoms with Crippen molar-refractivity contribution in [2.75, 3.05) is 19.7 Å². The van der Waals surface area contributed by atoms with Crippen LogP contribution in [0.15, 0.2) is 0 Å². The van der Waals surface area contributed by atoms with Crippen molar-refractivity contribution in [3.05, 3.63) is 0 Å². The molecule has 0 saturated carbocycles. The van der Waals surface area contributed by atoms with Crippen LogP contribution in [-0.4, -0.2) is 36.7 Å². The molecule has 1 atom stereocenters. The van der Waals surface area contributed by atoms with E-state index in [2.05, 4.69) is 32.6 Å². The van der Waals surface area contributed by atoms with Crippen molar-refractivity contribution in [1.82, 2.24) is 4.90 Å². The third-order valence-corrected chi connectivity index (χ3v) is 4.10. The van der Waals surface area contributed by atoms with Crippen LogP contribution in [0.25, 0.3) is 0 Å². The Hall–Kier alpha value is -0.0800. The van der Waals surface area contributed by atoms with Gasteiger partial charge in [-0.15, -0.1) is 0 Å². The van der Waals surface area contributed by atoms with Crippen LogP contribution >= 0.6 is 0 Å². The molecule has 2 heteroatoms. The maximum Gasteiger partial charge on any atom is 0.0599 e. The fourth-order valence-electron chi connectivity index (χ4n) is 2.44. The van der Waals surface area contributed by atoms with Crippen molar-refractivity contribution in [2.24, 2.45) is 5.92 Å². The Labute approximate surface area is 108 Å². The third kappa shape index (κ3) is 5.87. The summed E-state index contributed by atoms with van der Waals surface area (Å²) in [6, 6.07) is 0.696. The molecule has 2 nitrogen and oxygen atoms in total. The molecule has 0 N–H and O–H groups in total. The molecule has 1 saturated heterocycles. The highest BCUT2D eigenvalue weighted by Gasteiger charge is 2.20. The maximum absolute atomic E-state index is 5.98. The van der Waals surface area contributed by atoms with Crippen molar-refractivity contribution >= 4 is 0 Å². The van der Waals surface area contributed by atoms with Gasteiger partial charge in [0.25, 0.3) is 0 Å². The second-order valence-electron chi connectivity index (χ2n) is 5.86. The van der Waals surface area contributed by atoms with Crippen molar-refractivity contribution in [1.29, 1.82) is 0 Å². The Morgan fingerprint density at radius 2 is 1.82 bits per heavy atom. The lowest BCUT2D eigenvalue weighted by molar-refractivity contribution is -0.000930. The van der Waals surface area contributed by atoms with Crippen molar-refractivity contribution in [2.45, 2.75) is 71.9 Å². The molecule has 17 heavy (non-hydrogen) atoms. The van der Waals surface area contributed by atoms with Crippen LogP contribution < -0.4 is 0 Å². The van der Waals surface area contributed by atoms with Crippen LogP contribution in [-0.2, 0) is 4.74 Å². The second kappa shape index (κ2) is 8.10. The zero-order chi connectivity index (χ0) is 12.7. The van der Waals surface area contributed by atoms with Crippen LogP contribution in [0, 0.1) is 5.92 Å². The minimum atomic E-state index is 0.530. The highest BCUT2D eigenvalue weighted by atomic mass is 16.5. The molecule has 1 unspecified atom stereocenters. The summed E-state index contributed by atoms with van der Waals surface area (Å²) in [7, 11) is 0. The van der Waals surface area contributed by atoms with Crippen molar-refractivity contribution in [3.8, 4) is 0 Å². The highest BCUT2D eigenvalue weighted by molar-refractivity contribution is 4.74. The number of likely N-dealkylation sites (tertiary alicyclic amines) is 1. The number of hydrogen-bond acceptors (Lipinski definition) is 2. The van der Waals surface area contributed by atoms with E-state index in [0.29, 0.717) is 12.1 Å². The molecule has 102 valence electrons. The molecule has 1 fully saturated rings. The number of ether oxygens (including phenoxy) is 1. The largest absolute Gasteiger partial charge is 0.378 e. The smallest absolute Gasteiger partial charge is 0.0599 e. The first-order valence-electron chi connectivity index (χ1n) is 7.49. The lowest BCUT2D eigenvalue weighted by Gasteiger charge is -2.34. The minimum Gasteiger partial charge on any atom is -0.378 e. The van der Waals surface area contributed by atoms with Crippen LogP contribution in [0.4, 0.5) is 0 Å². The SMILES string of the molecule is CCC(C)CCCOC1CCN(C(C)C)CC1. The van der Waals surface area contributed by atoms with Gasteiger partial charge in [-0.25, -0.2) is 0 Å². The first-order chi connectivity index (χ1) is 8.13. The molecule has 1 aliphatic heterocycles. The summed E-state index contributed by atoms with van der Waals surface area (Å²) in [5, 5.41) is 0. The fraction of sp³-hybridized carbons (Fsp3) is 1.00. The van der Waals surface area contributed by atoms with E-state index >= 15 is 0 Å². The predicted molar refractivity (Wildman–Crippen MR) is 74.4 cm³/mol. The molecule has 0 bridgehead atoms. The topological polar surface area (TPSA) is 12.5 Å². The summed E-state index contributed by atoms with van der Waals surface area (Å²) in [4.78, 5) is 2.55. The van der Waals surface area contributed by atoms with Gasteiger partial charge in [-0.2, -0.15) is 0 Å². The van der Waals surface area contributed by atoms with E-state index in [4.69, 9.17) is 4.74 Å². The third-order valence-electron chi connectivity index (χ3n) is 4.10. The van der Waals surface area contributed by atoms with Crippen LogP contribution in [0.3, 0.4) is 0 Å². The molecule has 0 amide bonds. The Balaban J connectivity index is 2.02. The molecule has 0 aromatic heterocycles. The Bertz CT molecular complexity index is 185. The van der Waals surface area contributed by atoms with E-state index in [1.807, 2.05) is 0 Å². The lowest BCUT2D eigenvalue weighted by Crippen LogP contribution is -2.41. The number of hydrogen-bond donors (Lipinski definition) is 0. The first kappa shape index (κ1) is 15.0. The lowest BCUT2D eigenvalue weighted by atomic mass is 10.0. The summed E-state index contributed by atoms with van der Waals surface area (Å²) in [5.74, 6) is 0.862. The van der Waals surface area contributed by atoms with Crippen LogP contribution in [0.1, 0.15) is 59.8 Å². The Morgan fingerprint density at radius 3 is 2.35 bits per heavy atom. The Kier molecular flexibility index (Phi) is 7.14. The molecule has 0 spiro atoms. The minimum absolute atomic E-state index is 0.530. The zero-order valence-electron chi connectivity index (χ0n) is 12.2. The molecule has 1 rings (SSSR count).